The number of benzene rings is 1. The lowest BCUT2D eigenvalue weighted by atomic mass is 10.1. The van der Waals surface area contributed by atoms with Gasteiger partial charge in [-0.2, -0.15) is 0 Å². The van der Waals surface area contributed by atoms with Crippen molar-refractivity contribution < 1.29 is 14.6 Å². The van der Waals surface area contributed by atoms with Crippen molar-refractivity contribution >= 4 is 11.8 Å². The molecule has 1 heterocycles. The molecule has 106 valence electrons. The van der Waals surface area contributed by atoms with Gasteiger partial charge in [0, 0.05) is 11.3 Å². The molecule has 0 fully saturated rings. The Balaban J connectivity index is 2.04. The minimum absolute atomic E-state index is 0.222. The van der Waals surface area contributed by atoms with E-state index in [1.54, 1.807) is 18.9 Å². The van der Waals surface area contributed by atoms with Gasteiger partial charge in [-0.15, -0.1) is 18.3 Å². The van der Waals surface area contributed by atoms with Crippen LogP contribution in [-0.4, -0.2) is 24.3 Å². The van der Waals surface area contributed by atoms with Gasteiger partial charge in [-0.1, -0.05) is 18.2 Å². The summed E-state index contributed by atoms with van der Waals surface area (Å²) in [5, 5.41) is 11.8. The molecule has 1 aliphatic rings. The van der Waals surface area contributed by atoms with Crippen LogP contribution in [0.2, 0.25) is 0 Å². The molecule has 0 bridgehead atoms. The van der Waals surface area contributed by atoms with Crippen LogP contribution in [0.3, 0.4) is 0 Å². The maximum absolute atomic E-state index is 9.88. The van der Waals surface area contributed by atoms with E-state index in [-0.39, 0.29) is 6.10 Å². The van der Waals surface area contributed by atoms with Crippen LogP contribution < -0.4 is 4.74 Å². The third kappa shape index (κ3) is 3.76. The van der Waals surface area contributed by atoms with Crippen molar-refractivity contribution in [3.05, 3.63) is 65.6 Å². The SMILES string of the molecule is C=CCS/C=C/C1=CC(c2ccc(OC)cc2)OC1O. The van der Waals surface area contributed by atoms with E-state index in [1.807, 2.05) is 47.9 Å². The normalized spacial score (nSPS) is 22.0. The van der Waals surface area contributed by atoms with Gasteiger partial charge in [-0.3, -0.25) is 0 Å². The van der Waals surface area contributed by atoms with E-state index in [0.29, 0.717) is 0 Å². The lowest BCUT2D eigenvalue weighted by molar-refractivity contribution is -0.0788. The number of aliphatic hydroxyl groups is 1. The standard InChI is InChI=1S/C16H18O3S/c1-3-9-20-10-8-13-11-15(19-16(13)17)12-4-6-14(18-2)7-5-12/h3-8,10-11,15-17H,1,9H2,2H3/b10-8+. The van der Waals surface area contributed by atoms with Crippen LogP contribution in [0.1, 0.15) is 11.7 Å². The fraction of sp³-hybridized carbons (Fsp3) is 0.250. The number of rotatable bonds is 6. The van der Waals surface area contributed by atoms with E-state index >= 15 is 0 Å². The second-order valence-electron chi connectivity index (χ2n) is 4.27. The van der Waals surface area contributed by atoms with Gasteiger partial charge in [0.25, 0.3) is 0 Å². The van der Waals surface area contributed by atoms with E-state index in [0.717, 1.165) is 22.6 Å². The maximum Gasteiger partial charge on any atom is 0.182 e. The molecule has 0 aromatic heterocycles. The second kappa shape index (κ2) is 7.33. The number of methoxy groups -OCH3 is 1. The van der Waals surface area contributed by atoms with Crippen LogP contribution in [0.15, 0.2) is 60.1 Å². The van der Waals surface area contributed by atoms with E-state index < -0.39 is 6.29 Å². The predicted molar refractivity (Wildman–Crippen MR) is 82.7 cm³/mol. The molecule has 4 heteroatoms. The van der Waals surface area contributed by atoms with Crippen molar-refractivity contribution in [1.29, 1.82) is 0 Å². The van der Waals surface area contributed by atoms with Crippen molar-refractivity contribution in [2.75, 3.05) is 12.9 Å². The van der Waals surface area contributed by atoms with Crippen LogP contribution in [0.4, 0.5) is 0 Å². The van der Waals surface area contributed by atoms with E-state index in [2.05, 4.69) is 6.58 Å². The Bertz CT molecular complexity index is 505. The Morgan fingerprint density at radius 3 is 2.80 bits per heavy atom. The van der Waals surface area contributed by atoms with E-state index in [9.17, 15) is 5.11 Å². The highest BCUT2D eigenvalue weighted by atomic mass is 32.2. The summed E-state index contributed by atoms with van der Waals surface area (Å²) in [7, 11) is 1.63. The van der Waals surface area contributed by atoms with Crippen LogP contribution in [0, 0.1) is 0 Å². The average molecular weight is 290 g/mol. The molecule has 0 aliphatic carbocycles. The molecule has 0 saturated carbocycles. The van der Waals surface area contributed by atoms with Crippen LogP contribution in [0.5, 0.6) is 5.75 Å². The van der Waals surface area contributed by atoms with E-state index in [4.69, 9.17) is 9.47 Å². The topological polar surface area (TPSA) is 38.7 Å². The molecule has 0 saturated heterocycles. The molecule has 20 heavy (non-hydrogen) atoms. The molecule has 3 nitrogen and oxygen atoms in total. The molecule has 0 amide bonds. The molecular formula is C16H18O3S. The lowest BCUT2D eigenvalue weighted by Crippen LogP contribution is -2.08. The third-order valence-electron chi connectivity index (χ3n) is 2.92. The highest BCUT2D eigenvalue weighted by molar-refractivity contribution is 8.02. The maximum atomic E-state index is 9.88. The van der Waals surface area contributed by atoms with Crippen molar-refractivity contribution in [2.24, 2.45) is 0 Å². The summed E-state index contributed by atoms with van der Waals surface area (Å²) in [5.41, 5.74) is 1.77. The van der Waals surface area contributed by atoms with Gasteiger partial charge < -0.3 is 14.6 Å². The quantitative estimate of drug-likeness (QED) is 0.643. The summed E-state index contributed by atoms with van der Waals surface area (Å²) in [4.78, 5) is 0. The lowest BCUT2D eigenvalue weighted by Gasteiger charge is -2.11. The fourth-order valence-electron chi connectivity index (χ4n) is 1.87. The second-order valence-corrected chi connectivity index (χ2v) is 5.21. The fourth-order valence-corrected chi connectivity index (χ4v) is 2.37. The molecule has 2 rings (SSSR count). The van der Waals surface area contributed by atoms with Crippen molar-refractivity contribution in [1.82, 2.24) is 0 Å². The Hall–Kier alpha value is -1.49. The summed E-state index contributed by atoms with van der Waals surface area (Å²) in [5.74, 6) is 1.65. The third-order valence-corrected chi connectivity index (χ3v) is 3.68. The molecule has 1 aromatic carbocycles. The van der Waals surface area contributed by atoms with Crippen molar-refractivity contribution in [2.45, 2.75) is 12.4 Å². The van der Waals surface area contributed by atoms with Crippen LogP contribution in [0.25, 0.3) is 0 Å². The molecule has 0 spiro atoms. The summed E-state index contributed by atoms with van der Waals surface area (Å²) in [6, 6.07) is 7.64. The van der Waals surface area contributed by atoms with Crippen LogP contribution >= 0.6 is 11.8 Å². The zero-order valence-electron chi connectivity index (χ0n) is 11.4. The zero-order valence-corrected chi connectivity index (χ0v) is 12.2. The van der Waals surface area contributed by atoms with Gasteiger partial charge in [-0.25, -0.2) is 0 Å². The molecule has 1 aromatic rings. The van der Waals surface area contributed by atoms with Gasteiger partial charge in [0.1, 0.15) is 11.9 Å². The minimum Gasteiger partial charge on any atom is -0.497 e. The highest BCUT2D eigenvalue weighted by Crippen LogP contribution is 2.32. The first kappa shape index (κ1) is 14.9. The number of thioether (sulfide) groups is 1. The smallest absolute Gasteiger partial charge is 0.182 e. The molecule has 0 radical (unpaired) electrons. The predicted octanol–water partition coefficient (Wildman–Crippen LogP) is 3.44. The molecule has 2 unspecified atom stereocenters. The van der Waals surface area contributed by atoms with Gasteiger partial charge in [0.05, 0.1) is 7.11 Å². The Kier molecular flexibility index (Phi) is 5.47. The largest absolute Gasteiger partial charge is 0.497 e. The molecule has 1 N–H and O–H groups in total. The molecule has 2 atom stereocenters. The number of aliphatic hydroxyl groups excluding tert-OH is 1. The van der Waals surface area contributed by atoms with Gasteiger partial charge in [0.2, 0.25) is 0 Å². The molecule has 1 aliphatic heterocycles. The Labute approximate surface area is 123 Å². The number of hydrogen-bond donors (Lipinski definition) is 1. The summed E-state index contributed by atoms with van der Waals surface area (Å²) in [6.07, 6.45) is 4.55. The first-order valence-electron chi connectivity index (χ1n) is 6.33. The monoisotopic (exact) mass is 290 g/mol. The first-order chi connectivity index (χ1) is 9.74. The van der Waals surface area contributed by atoms with Gasteiger partial charge in [-0.05, 0) is 35.3 Å². The highest BCUT2D eigenvalue weighted by Gasteiger charge is 2.24. The zero-order chi connectivity index (χ0) is 14.4. The minimum atomic E-state index is -0.873. The first-order valence-corrected chi connectivity index (χ1v) is 7.37. The van der Waals surface area contributed by atoms with Gasteiger partial charge >= 0.3 is 0 Å². The summed E-state index contributed by atoms with van der Waals surface area (Å²) in [6.45, 7) is 3.66. The van der Waals surface area contributed by atoms with Gasteiger partial charge in [0.15, 0.2) is 6.29 Å². The number of ether oxygens (including phenoxy) is 2. The van der Waals surface area contributed by atoms with E-state index in [1.165, 1.54) is 0 Å². The molecular weight excluding hydrogens is 272 g/mol. The van der Waals surface area contributed by atoms with Crippen molar-refractivity contribution in [3.8, 4) is 5.75 Å². The Morgan fingerprint density at radius 1 is 1.40 bits per heavy atom. The van der Waals surface area contributed by atoms with Crippen molar-refractivity contribution in [3.63, 3.8) is 0 Å². The summed E-state index contributed by atoms with van der Waals surface area (Å²) >= 11 is 1.62. The average Bonchev–Trinajstić information content (AvgIpc) is 2.85. The summed E-state index contributed by atoms with van der Waals surface area (Å²) < 4.78 is 10.7. The van der Waals surface area contributed by atoms with Crippen LogP contribution in [-0.2, 0) is 4.74 Å². The number of hydrogen-bond acceptors (Lipinski definition) is 4. The Morgan fingerprint density at radius 2 is 2.15 bits per heavy atom.